The van der Waals surface area contributed by atoms with Crippen LogP contribution in [-0.4, -0.2) is 18.1 Å². The summed E-state index contributed by atoms with van der Waals surface area (Å²) in [6, 6.07) is 19.3. The van der Waals surface area contributed by atoms with Crippen molar-refractivity contribution >= 4 is 5.69 Å². The van der Waals surface area contributed by atoms with Gasteiger partial charge < -0.3 is 5.43 Å². The van der Waals surface area contributed by atoms with E-state index in [2.05, 4.69) is 65.0 Å². The number of para-hydroxylation sites is 1. The van der Waals surface area contributed by atoms with Gasteiger partial charge in [0.25, 0.3) is 0 Å². The lowest BCUT2D eigenvalue weighted by atomic mass is 10.1. The third kappa shape index (κ3) is 3.15. The first-order valence-electron chi connectivity index (χ1n) is 7.05. The van der Waals surface area contributed by atoms with E-state index in [0.29, 0.717) is 0 Å². The molecule has 2 aromatic rings. The van der Waals surface area contributed by atoms with Gasteiger partial charge in [-0.15, -0.1) is 0 Å². The molecule has 1 N–H and O–H groups in total. The number of fused-ring (bicyclic) bond motifs is 1. The van der Waals surface area contributed by atoms with Gasteiger partial charge in [-0.3, -0.25) is 0 Å². The summed E-state index contributed by atoms with van der Waals surface area (Å²) in [6.07, 6.45) is 3.49. The third-order valence-corrected chi connectivity index (χ3v) is 3.68. The average molecular weight is 252 g/mol. The fourth-order valence-electron chi connectivity index (χ4n) is 2.61. The average Bonchev–Trinajstić information content (AvgIpc) is 2.68. The molecule has 98 valence electrons. The van der Waals surface area contributed by atoms with Crippen LogP contribution in [0.1, 0.15) is 17.5 Å². The van der Waals surface area contributed by atoms with Crippen molar-refractivity contribution in [2.24, 2.45) is 0 Å². The molecule has 1 aliphatic rings. The summed E-state index contributed by atoms with van der Waals surface area (Å²) < 4.78 is 0. The lowest BCUT2D eigenvalue weighted by Crippen LogP contribution is -2.32. The summed E-state index contributed by atoms with van der Waals surface area (Å²) in [7, 11) is 0. The topological polar surface area (TPSA) is 15.3 Å². The van der Waals surface area contributed by atoms with E-state index in [1.165, 1.54) is 29.7 Å². The predicted molar refractivity (Wildman–Crippen MR) is 80.1 cm³/mol. The van der Waals surface area contributed by atoms with Gasteiger partial charge in [0.05, 0.1) is 5.69 Å². The second-order valence-electron chi connectivity index (χ2n) is 5.10. The van der Waals surface area contributed by atoms with Crippen LogP contribution in [-0.2, 0) is 12.8 Å². The lowest BCUT2D eigenvalue weighted by Gasteiger charge is -2.22. The van der Waals surface area contributed by atoms with Gasteiger partial charge >= 0.3 is 0 Å². The van der Waals surface area contributed by atoms with Crippen molar-refractivity contribution in [3.63, 3.8) is 0 Å². The molecule has 3 rings (SSSR count). The highest BCUT2D eigenvalue weighted by molar-refractivity contribution is 5.51. The second-order valence-corrected chi connectivity index (χ2v) is 5.10. The van der Waals surface area contributed by atoms with Crippen molar-refractivity contribution in [3.8, 4) is 0 Å². The summed E-state index contributed by atoms with van der Waals surface area (Å²) >= 11 is 0. The summed E-state index contributed by atoms with van der Waals surface area (Å²) in [5.74, 6) is 0. The zero-order valence-electron chi connectivity index (χ0n) is 11.2. The van der Waals surface area contributed by atoms with E-state index in [-0.39, 0.29) is 0 Å². The summed E-state index contributed by atoms with van der Waals surface area (Å²) in [6.45, 7) is 2.17. The van der Waals surface area contributed by atoms with E-state index in [9.17, 15) is 0 Å². The minimum atomic E-state index is 1.05. The van der Waals surface area contributed by atoms with E-state index in [1.54, 1.807) is 0 Å². The van der Waals surface area contributed by atoms with E-state index < -0.39 is 0 Å². The van der Waals surface area contributed by atoms with E-state index in [1.807, 2.05) is 0 Å². The molecule has 0 radical (unpaired) electrons. The van der Waals surface area contributed by atoms with Gasteiger partial charge in [0.2, 0.25) is 0 Å². The number of rotatable bonds is 3. The summed E-state index contributed by atoms with van der Waals surface area (Å²) in [4.78, 5) is 0. The molecule has 1 heterocycles. The maximum atomic E-state index is 3.56. The zero-order chi connectivity index (χ0) is 12.9. The zero-order valence-corrected chi connectivity index (χ0v) is 11.2. The molecule has 0 bridgehead atoms. The molecule has 0 atom stereocenters. The number of nitrogens with zero attached hydrogens (tertiary/aromatic N) is 1. The van der Waals surface area contributed by atoms with Gasteiger partial charge in [-0.05, 0) is 36.5 Å². The smallest absolute Gasteiger partial charge is 0.0522 e. The SMILES string of the molecule is c1ccc(CCN2CCCc3ccccc3N2)cc1. The molecule has 0 amide bonds. The van der Waals surface area contributed by atoms with Gasteiger partial charge in [0, 0.05) is 13.1 Å². The fourth-order valence-corrected chi connectivity index (χ4v) is 2.61. The molecule has 0 spiro atoms. The third-order valence-electron chi connectivity index (χ3n) is 3.68. The van der Waals surface area contributed by atoms with Gasteiger partial charge in [0.1, 0.15) is 0 Å². The van der Waals surface area contributed by atoms with Crippen molar-refractivity contribution in [2.45, 2.75) is 19.3 Å². The molecule has 2 aromatic carbocycles. The van der Waals surface area contributed by atoms with Crippen molar-refractivity contribution in [1.82, 2.24) is 5.01 Å². The molecule has 0 fully saturated rings. The molecular formula is C17H20N2. The Morgan fingerprint density at radius 1 is 0.947 bits per heavy atom. The number of hydrogen-bond acceptors (Lipinski definition) is 2. The monoisotopic (exact) mass is 252 g/mol. The maximum absolute atomic E-state index is 3.56. The highest BCUT2D eigenvalue weighted by Crippen LogP contribution is 2.21. The van der Waals surface area contributed by atoms with Crippen LogP contribution in [0, 0.1) is 0 Å². The maximum Gasteiger partial charge on any atom is 0.0522 e. The molecule has 1 aliphatic heterocycles. The number of benzene rings is 2. The van der Waals surface area contributed by atoms with Crippen LogP contribution in [0.5, 0.6) is 0 Å². The second kappa shape index (κ2) is 5.89. The van der Waals surface area contributed by atoms with Gasteiger partial charge in [-0.1, -0.05) is 48.5 Å². The van der Waals surface area contributed by atoms with E-state index in [0.717, 1.165) is 19.5 Å². The molecule has 0 saturated heterocycles. The van der Waals surface area contributed by atoms with E-state index in [4.69, 9.17) is 0 Å². The summed E-state index contributed by atoms with van der Waals surface area (Å²) in [5.41, 5.74) is 7.67. The Labute approximate surface area is 115 Å². The number of nitrogens with one attached hydrogen (secondary N) is 1. The number of aryl methyl sites for hydroxylation is 1. The Balaban J connectivity index is 1.63. The Kier molecular flexibility index (Phi) is 3.80. The highest BCUT2D eigenvalue weighted by atomic mass is 15.5. The largest absolute Gasteiger partial charge is 0.319 e. The molecule has 19 heavy (non-hydrogen) atoms. The van der Waals surface area contributed by atoms with Crippen LogP contribution in [0.25, 0.3) is 0 Å². The molecule has 2 heteroatoms. The predicted octanol–water partition coefficient (Wildman–Crippen LogP) is 3.50. The quantitative estimate of drug-likeness (QED) is 0.899. The van der Waals surface area contributed by atoms with Crippen LogP contribution in [0.4, 0.5) is 5.69 Å². The first-order chi connectivity index (χ1) is 9.42. The first-order valence-corrected chi connectivity index (χ1v) is 7.05. The minimum absolute atomic E-state index is 1.05. The van der Waals surface area contributed by atoms with Crippen LogP contribution in [0.15, 0.2) is 54.6 Å². The standard InChI is InChI=1S/C17H20N2/c1-2-7-15(8-3-1)12-14-19-13-6-10-16-9-4-5-11-17(16)18-19/h1-5,7-9,11,18H,6,10,12-14H2. The first kappa shape index (κ1) is 12.2. The van der Waals surface area contributed by atoms with E-state index >= 15 is 0 Å². The Morgan fingerprint density at radius 2 is 1.74 bits per heavy atom. The molecule has 0 saturated carbocycles. The van der Waals surface area contributed by atoms with Crippen LogP contribution >= 0.6 is 0 Å². The lowest BCUT2D eigenvalue weighted by molar-refractivity contribution is 0.335. The number of hydrogen-bond donors (Lipinski definition) is 1. The number of hydrazine groups is 1. The fraction of sp³-hybridized carbons (Fsp3) is 0.294. The van der Waals surface area contributed by atoms with Gasteiger partial charge in [0.15, 0.2) is 0 Å². The van der Waals surface area contributed by atoms with Crippen LogP contribution < -0.4 is 5.43 Å². The molecular weight excluding hydrogens is 232 g/mol. The summed E-state index contributed by atoms with van der Waals surface area (Å²) in [5, 5.41) is 2.35. The highest BCUT2D eigenvalue weighted by Gasteiger charge is 2.12. The Bertz CT molecular complexity index is 522. The Hall–Kier alpha value is -1.80. The molecule has 2 nitrogen and oxygen atoms in total. The Morgan fingerprint density at radius 3 is 2.63 bits per heavy atom. The normalized spacial score (nSPS) is 15.4. The number of anilines is 1. The van der Waals surface area contributed by atoms with Crippen molar-refractivity contribution in [2.75, 3.05) is 18.5 Å². The minimum Gasteiger partial charge on any atom is -0.319 e. The van der Waals surface area contributed by atoms with Crippen LogP contribution in [0.2, 0.25) is 0 Å². The van der Waals surface area contributed by atoms with Gasteiger partial charge in [-0.2, -0.15) is 0 Å². The van der Waals surface area contributed by atoms with Gasteiger partial charge in [-0.25, -0.2) is 5.01 Å². The molecule has 0 aromatic heterocycles. The van der Waals surface area contributed by atoms with Crippen LogP contribution in [0.3, 0.4) is 0 Å². The van der Waals surface area contributed by atoms with Crippen molar-refractivity contribution in [1.29, 1.82) is 0 Å². The molecule has 0 aliphatic carbocycles. The van der Waals surface area contributed by atoms with Crippen molar-refractivity contribution in [3.05, 3.63) is 65.7 Å². The molecule has 0 unspecified atom stereocenters. The van der Waals surface area contributed by atoms with Crippen molar-refractivity contribution < 1.29 is 0 Å².